The molecule has 4 nitrogen and oxygen atoms in total. The number of rotatable bonds is 7. The number of ether oxygens (including phenoxy) is 1. The normalized spacial score (nSPS) is 10.7. The van der Waals surface area contributed by atoms with Crippen molar-refractivity contribution in [2.24, 2.45) is 0 Å². The van der Waals surface area contributed by atoms with Crippen LogP contribution in [0.5, 0.6) is 5.75 Å². The van der Waals surface area contributed by atoms with Crippen LogP contribution >= 0.6 is 0 Å². The molecule has 2 rings (SSSR count). The molecule has 22 heavy (non-hydrogen) atoms. The Balaban J connectivity index is 2.38. The average molecular weight is 300 g/mol. The van der Waals surface area contributed by atoms with E-state index in [1.807, 2.05) is 61.7 Å². The summed E-state index contributed by atoms with van der Waals surface area (Å²) in [6, 6.07) is 11.8. The summed E-state index contributed by atoms with van der Waals surface area (Å²) in [5, 5.41) is 3.21. The minimum atomic E-state index is 0.0786. The first kappa shape index (κ1) is 16.3. The fraction of sp³-hybridized carbons (Fsp3) is 0.389. The zero-order valence-corrected chi connectivity index (χ0v) is 13.6. The van der Waals surface area contributed by atoms with Crippen molar-refractivity contribution in [2.45, 2.75) is 33.9 Å². The Hall–Kier alpha value is -2.07. The molecule has 0 saturated heterocycles. The number of aromatic nitrogens is 1. The van der Waals surface area contributed by atoms with E-state index in [9.17, 15) is 4.79 Å². The lowest BCUT2D eigenvalue weighted by Crippen LogP contribution is -2.27. The van der Waals surface area contributed by atoms with E-state index in [0.29, 0.717) is 19.7 Å². The van der Waals surface area contributed by atoms with E-state index in [-0.39, 0.29) is 5.56 Å². The van der Waals surface area contributed by atoms with Crippen molar-refractivity contribution < 1.29 is 4.74 Å². The van der Waals surface area contributed by atoms with Gasteiger partial charge in [-0.25, -0.2) is 0 Å². The van der Waals surface area contributed by atoms with E-state index in [1.165, 1.54) is 0 Å². The van der Waals surface area contributed by atoms with Crippen LogP contribution in [0, 0.1) is 0 Å². The van der Waals surface area contributed by atoms with Crippen LogP contribution in [0.1, 0.15) is 26.3 Å². The predicted octanol–water partition coefficient (Wildman–Crippen LogP) is 3.04. The van der Waals surface area contributed by atoms with Gasteiger partial charge in [-0.15, -0.1) is 0 Å². The van der Waals surface area contributed by atoms with Gasteiger partial charge in [0.15, 0.2) is 0 Å². The minimum absolute atomic E-state index is 0.0786. The van der Waals surface area contributed by atoms with Gasteiger partial charge in [-0.1, -0.05) is 13.0 Å². The molecule has 1 heterocycles. The summed E-state index contributed by atoms with van der Waals surface area (Å²) >= 11 is 0. The molecule has 0 atom stereocenters. The Morgan fingerprint density at radius 1 is 1.05 bits per heavy atom. The van der Waals surface area contributed by atoms with E-state index in [2.05, 4.69) is 5.32 Å². The summed E-state index contributed by atoms with van der Waals surface area (Å²) in [5.74, 6) is 0.848. The molecule has 1 N–H and O–H groups in total. The third kappa shape index (κ3) is 3.57. The number of nitrogens with one attached hydrogen (secondary N) is 1. The lowest BCUT2D eigenvalue weighted by Gasteiger charge is -2.14. The molecule has 118 valence electrons. The molecule has 0 aliphatic carbocycles. The molecule has 0 radical (unpaired) electrons. The monoisotopic (exact) mass is 300 g/mol. The average Bonchev–Trinajstić information content (AvgIpc) is 2.54. The summed E-state index contributed by atoms with van der Waals surface area (Å²) in [6.07, 6.45) is 0. The van der Waals surface area contributed by atoms with Crippen molar-refractivity contribution in [2.75, 3.05) is 13.2 Å². The lowest BCUT2D eigenvalue weighted by atomic mass is 10.1. The van der Waals surface area contributed by atoms with Crippen LogP contribution in [-0.4, -0.2) is 17.7 Å². The molecule has 0 aliphatic heterocycles. The summed E-state index contributed by atoms with van der Waals surface area (Å²) in [6.45, 7) is 8.76. The molecule has 4 heteroatoms. The first-order valence-corrected chi connectivity index (χ1v) is 7.87. The second-order valence-corrected chi connectivity index (χ2v) is 5.03. The first-order valence-electron chi connectivity index (χ1n) is 7.87. The molecule has 0 unspecified atom stereocenters. The maximum Gasteiger partial charge on any atom is 0.255 e. The third-order valence-electron chi connectivity index (χ3n) is 3.60. The van der Waals surface area contributed by atoms with Crippen molar-refractivity contribution in [1.29, 1.82) is 0 Å². The second-order valence-electron chi connectivity index (χ2n) is 5.03. The highest BCUT2D eigenvalue weighted by Crippen LogP contribution is 2.22. The van der Waals surface area contributed by atoms with Crippen LogP contribution in [0.2, 0.25) is 0 Å². The highest BCUT2D eigenvalue weighted by atomic mass is 16.5. The maximum atomic E-state index is 12.6. The van der Waals surface area contributed by atoms with Gasteiger partial charge in [0.1, 0.15) is 5.75 Å². The number of pyridine rings is 1. The molecule has 0 spiro atoms. The predicted molar refractivity (Wildman–Crippen MR) is 90.4 cm³/mol. The summed E-state index contributed by atoms with van der Waals surface area (Å²) in [4.78, 5) is 12.6. The van der Waals surface area contributed by atoms with Crippen molar-refractivity contribution in [1.82, 2.24) is 9.88 Å². The highest BCUT2D eigenvalue weighted by molar-refractivity contribution is 5.61. The molecular formula is C18H24N2O2. The quantitative estimate of drug-likeness (QED) is 0.854. The van der Waals surface area contributed by atoms with Crippen molar-refractivity contribution in [3.05, 3.63) is 52.3 Å². The maximum absolute atomic E-state index is 12.6. The van der Waals surface area contributed by atoms with Crippen molar-refractivity contribution in [3.63, 3.8) is 0 Å². The Morgan fingerprint density at radius 2 is 1.77 bits per heavy atom. The molecule has 1 aromatic heterocycles. The number of hydrogen-bond donors (Lipinski definition) is 1. The third-order valence-corrected chi connectivity index (χ3v) is 3.60. The standard InChI is InChI=1S/C18H24N2O2/c1-4-19-13-15-9-12-17(20(5-2)18(15)21)14-7-10-16(11-8-14)22-6-3/h7-12,19H,4-6,13H2,1-3H3. The lowest BCUT2D eigenvalue weighted by molar-refractivity contribution is 0.340. The van der Waals surface area contributed by atoms with E-state index in [1.54, 1.807) is 0 Å². The van der Waals surface area contributed by atoms with Gasteiger partial charge in [-0.2, -0.15) is 0 Å². The molecule has 1 aromatic carbocycles. The van der Waals surface area contributed by atoms with E-state index in [4.69, 9.17) is 4.74 Å². The fourth-order valence-corrected chi connectivity index (χ4v) is 2.47. The Bertz CT molecular complexity index is 660. The number of hydrogen-bond acceptors (Lipinski definition) is 3. The van der Waals surface area contributed by atoms with Crippen LogP contribution in [0.4, 0.5) is 0 Å². The summed E-state index contributed by atoms with van der Waals surface area (Å²) in [5.41, 5.74) is 2.85. The van der Waals surface area contributed by atoms with Gasteiger partial charge in [0.2, 0.25) is 0 Å². The van der Waals surface area contributed by atoms with Gasteiger partial charge in [0.05, 0.1) is 12.3 Å². The topological polar surface area (TPSA) is 43.3 Å². The number of benzene rings is 1. The summed E-state index contributed by atoms with van der Waals surface area (Å²) < 4.78 is 7.29. The SMILES string of the molecule is CCNCc1ccc(-c2ccc(OCC)cc2)n(CC)c1=O. The first-order chi connectivity index (χ1) is 10.7. The van der Waals surface area contributed by atoms with E-state index < -0.39 is 0 Å². The van der Waals surface area contributed by atoms with Crippen molar-refractivity contribution in [3.8, 4) is 17.0 Å². The van der Waals surface area contributed by atoms with E-state index in [0.717, 1.165) is 29.1 Å². The molecule has 0 bridgehead atoms. The summed E-state index contributed by atoms with van der Waals surface area (Å²) in [7, 11) is 0. The Kier molecular flexibility index (Phi) is 5.78. The van der Waals surface area contributed by atoms with Crippen LogP contribution in [0.25, 0.3) is 11.3 Å². The van der Waals surface area contributed by atoms with Gasteiger partial charge >= 0.3 is 0 Å². The zero-order chi connectivity index (χ0) is 15.9. The van der Waals surface area contributed by atoms with Gasteiger partial charge in [0, 0.05) is 18.7 Å². The smallest absolute Gasteiger partial charge is 0.255 e. The molecule has 0 amide bonds. The van der Waals surface area contributed by atoms with Crippen molar-refractivity contribution >= 4 is 0 Å². The van der Waals surface area contributed by atoms with Gasteiger partial charge in [-0.05, 0) is 56.3 Å². The molecule has 2 aromatic rings. The Labute approximate surface area is 131 Å². The van der Waals surface area contributed by atoms with E-state index >= 15 is 0 Å². The van der Waals surface area contributed by atoms with Gasteiger partial charge in [0.25, 0.3) is 5.56 Å². The zero-order valence-electron chi connectivity index (χ0n) is 13.6. The minimum Gasteiger partial charge on any atom is -0.494 e. The number of nitrogens with zero attached hydrogens (tertiary/aromatic N) is 1. The van der Waals surface area contributed by atoms with Gasteiger partial charge in [-0.3, -0.25) is 4.79 Å². The largest absolute Gasteiger partial charge is 0.494 e. The van der Waals surface area contributed by atoms with Crippen LogP contribution < -0.4 is 15.6 Å². The fourth-order valence-electron chi connectivity index (χ4n) is 2.47. The van der Waals surface area contributed by atoms with Crippen LogP contribution in [0.15, 0.2) is 41.2 Å². The second kappa shape index (κ2) is 7.80. The molecule has 0 fully saturated rings. The van der Waals surface area contributed by atoms with Gasteiger partial charge < -0.3 is 14.6 Å². The molecule has 0 aliphatic rings. The highest BCUT2D eigenvalue weighted by Gasteiger charge is 2.09. The Morgan fingerprint density at radius 3 is 2.36 bits per heavy atom. The molecule has 0 saturated carbocycles. The molecular weight excluding hydrogens is 276 g/mol. The van der Waals surface area contributed by atoms with Crippen LogP contribution in [-0.2, 0) is 13.1 Å². The van der Waals surface area contributed by atoms with Crippen LogP contribution in [0.3, 0.4) is 0 Å².